The van der Waals surface area contributed by atoms with Crippen LogP contribution in [0.5, 0.6) is 0 Å². The lowest BCUT2D eigenvalue weighted by Gasteiger charge is -2.03. The average Bonchev–Trinajstić information content (AvgIpc) is 2.76. The highest BCUT2D eigenvalue weighted by atomic mass is 32.2. The molecule has 2 aromatic rings. The van der Waals surface area contributed by atoms with Crippen molar-refractivity contribution in [1.82, 2.24) is 14.3 Å². The van der Waals surface area contributed by atoms with Crippen molar-refractivity contribution in [2.24, 2.45) is 0 Å². The minimum absolute atomic E-state index is 0.193. The number of carbonyl (C=O) groups is 1. The van der Waals surface area contributed by atoms with Gasteiger partial charge in [0.15, 0.2) is 4.34 Å². The standard InChI is InChI=1S/C11H11N3O2S2/c1-3-9-13-11(18-14-9)17-8-4-6(2)12-5-7(8)10(15)16/h4-5H,3H2,1-2H3,(H,15,16). The van der Waals surface area contributed by atoms with E-state index in [4.69, 9.17) is 5.11 Å². The first kappa shape index (κ1) is 13.0. The largest absolute Gasteiger partial charge is 0.478 e. The fourth-order valence-corrected chi connectivity index (χ4v) is 3.15. The molecule has 94 valence electrons. The molecule has 0 amide bonds. The summed E-state index contributed by atoms with van der Waals surface area (Å²) < 4.78 is 4.92. The molecule has 2 aromatic heterocycles. The average molecular weight is 281 g/mol. The molecule has 0 saturated heterocycles. The third-order valence-corrected chi connectivity index (χ3v) is 4.04. The van der Waals surface area contributed by atoms with Crippen LogP contribution in [0, 0.1) is 6.92 Å². The van der Waals surface area contributed by atoms with Crippen LogP contribution >= 0.6 is 23.3 Å². The molecule has 0 spiro atoms. The van der Waals surface area contributed by atoms with Crippen LogP contribution < -0.4 is 0 Å². The molecular weight excluding hydrogens is 270 g/mol. The number of aromatic carboxylic acids is 1. The van der Waals surface area contributed by atoms with E-state index >= 15 is 0 Å². The van der Waals surface area contributed by atoms with Gasteiger partial charge in [-0.3, -0.25) is 4.98 Å². The highest BCUT2D eigenvalue weighted by Gasteiger charge is 2.14. The quantitative estimate of drug-likeness (QED) is 0.928. The van der Waals surface area contributed by atoms with Gasteiger partial charge in [-0.25, -0.2) is 9.78 Å². The first-order valence-electron chi connectivity index (χ1n) is 5.30. The highest BCUT2D eigenvalue weighted by molar-refractivity contribution is 8.01. The van der Waals surface area contributed by atoms with Gasteiger partial charge in [0.2, 0.25) is 0 Å². The van der Waals surface area contributed by atoms with E-state index in [9.17, 15) is 4.79 Å². The maximum atomic E-state index is 11.1. The van der Waals surface area contributed by atoms with Crippen LogP contribution in [0.1, 0.15) is 28.8 Å². The van der Waals surface area contributed by atoms with E-state index in [-0.39, 0.29) is 5.56 Å². The van der Waals surface area contributed by atoms with E-state index in [1.54, 1.807) is 6.07 Å². The lowest BCUT2D eigenvalue weighted by atomic mass is 10.2. The summed E-state index contributed by atoms with van der Waals surface area (Å²) >= 11 is 2.60. The number of aromatic nitrogens is 3. The number of rotatable bonds is 4. The summed E-state index contributed by atoms with van der Waals surface area (Å²) in [5.74, 6) is -0.199. The maximum Gasteiger partial charge on any atom is 0.338 e. The van der Waals surface area contributed by atoms with Crippen molar-refractivity contribution in [2.45, 2.75) is 29.5 Å². The number of carboxylic acid groups (broad SMARTS) is 1. The molecule has 18 heavy (non-hydrogen) atoms. The maximum absolute atomic E-state index is 11.1. The zero-order valence-corrected chi connectivity index (χ0v) is 11.5. The highest BCUT2D eigenvalue weighted by Crippen LogP contribution is 2.31. The normalized spacial score (nSPS) is 10.6. The second kappa shape index (κ2) is 5.45. The van der Waals surface area contributed by atoms with E-state index in [0.29, 0.717) is 4.90 Å². The SMILES string of the molecule is CCc1nsc(Sc2cc(C)ncc2C(=O)O)n1. The molecule has 0 atom stereocenters. The van der Waals surface area contributed by atoms with E-state index in [1.807, 2.05) is 13.8 Å². The summed E-state index contributed by atoms with van der Waals surface area (Å²) in [6.45, 7) is 3.81. The second-order valence-corrected chi connectivity index (χ2v) is 5.60. The van der Waals surface area contributed by atoms with Crippen molar-refractivity contribution >= 4 is 29.3 Å². The molecule has 0 unspecified atom stereocenters. The van der Waals surface area contributed by atoms with Crippen molar-refractivity contribution in [1.29, 1.82) is 0 Å². The second-order valence-electron chi connectivity index (χ2n) is 3.56. The Morgan fingerprint density at radius 2 is 2.33 bits per heavy atom. The van der Waals surface area contributed by atoms with E-state index in [1.165, 1.54) is 29.5 Å². The summed E-state index contributed by atoms with van der Waals surface area (Å²) in [5.41, 5.74) is 0.974. The molecule has 0 fully saturated rings. The number of aryl methyl sites for hydroxylation is 2. The summed E-state index contributed by atoms with van der Waals surface area (Å²) in [6, 6.07) is 1.75. The first-order chi connectivity index (χ1) is 8.60. The topological polar surface area (TPSA) is 76.0 Å². The lowest BCUT2D eigenvalue weighted by molar-refractivity contribution is 0.0692. The Morgan fingerprint density at radius 1 is 1.56 bits per heavy atom. The summed E-state index contributed by atoms with van der Waals surface area (Å²) in [7, 11) is 0. The third-order valence-electron chi connectivity index (χ3n) is 2.20. The van der Waals surface area contributed by atoms with Gasteiger partial charge in [0.05, 0.1) is 5.56 Å². The smallest absolute Gasteiger partial charge is 0.338 e. The molecule has 0 aliphatic carbocycles. The van der Waals surface area contributed by atoms with Crippen LogP contribution in [0.25, 0.3) is 0 Å². The van der Waals surface area contributed by atoms with Gasteiger partial charge in [-0.2, -0.15) is 4.37 Å². The summed E-state index contributed by atoms with van der Waals surface area (Å²) in [6.07, 6.45) is 2.15. The number of pyridine rings is 1. The molecule has 1 N–H and O–H groups in total. The Kier molecular flexibility index (Phi) is 3.93. The Balaban J connectivity index is 2.32. The van der Waals surface area contributed by atoms with E-state index < -0.39 is 5.97 Å². The van der Waals surface area contributed by atoms with E-state index in [0.717, 1.165) is 22.3 Å². The van der Waals surface area contributed by atoms with Crippen molar-refractivity contribution in [2.75, 3.05) is 0 Å². The molecule has 0 aliphatic rings. The fraction of sp³-hybridized carbons (Fsp3) is 0.273. The van der Waals surface area contributed by atoms with Gasteiger partial charge in [0.25, 0.3) is 0 Å². The molecule has 2 rings (SSSR count). The molecule has 0 radical (unpaired) electrons. The molecular formula is C11H11N3O2S2. The molecule has 0 bridgehead atoms. The van der Waals surface area contributed by atoms with Crippen molar-refractivity contribution in [3.63, 3.8) is 0 Å². The van der Waals surface area contributed by atoms with E-state index in [2.05, 4.69) is 14.3 Å². The predicted molar refractivity (Wildman–Crippen MR) is 69.3 cm³/mol. The van der Waals surface area contributed by atoms with Crippen LogP contribution in [0.3, 0.4) is 0 Å². The molecule has 0 aliphatic heterocycles. The minimum atomic E-state index is -0.981. The number of hydrogen-bond donors (Lipinski definition) is 1. The van der Waals surface area contributed by atoms with Crippen LogP contribution in [0.2, 0.25) is 0 Å². The monoisotopic (exact) mass is 281 g/mol. The first-order valence-corrected chi connectivity index (χ1v) is 6.89. The number of nitrogens with zero attached hydrogens (tertiary/aromatic N) is 3. The van der Waals surface area contributed by atoms with Crippen LogP contribution in [0.15, 0.2) is 21.5 Å². The van der Waals surface area contributed by atoms with Crippen molar-refractivity contribution < 1.29 is 9.90 Å². The van der Waals surface area contributed by atoms with Crippen molar-refractivity contribution in [3.8, 4) is 0 Å². The zero-order chi connectivity index (χ0) is 13.1. The molecule has 0 aromatic carbocycles. The van der Waals surface area contributed by atoms with Gasteiger partial charge in [-0.1, -0.05) is 18.7 Å². The Labute approximate surface area is 112 Å². The zero-order valence-electron chi connectivity index (χ0n) is 9.88. The van der Waals surface area contributed by atoms with Gasteiger partial charge in [0, 0.05) is 23.2 Å². The Hall–Kier alpha value is -1.47. The van der Waals surface area contributed by atoms with Gasteiger partial charge >= 0.3 is 5.97 Å². The van der Waals surface area contributed by atoms with Gasteiger partial charge < -0.3 is 5.11 Å². The number of hydrogen-bond acceptors (Lipinski definition) is 6. The molecule has 0 saturated carbocycles. The molecule has 5 nitrogen and oxygen atoms in total. The minimum Gasteiger partial charge on any atom is -0.478 e. The van der Waals surface area contributed by atoms with Crippen LogP contribution in [0.4, 0.5) is 0 Å². The Bertz CT molecular complexity index is 583. The van der Waals surface area contributed by atoms with Crippen LogP contribution in [-0.4, -0.2) is 25.4 Å². The fourth-order valence-electron chi connectivity index (χ4n) is 1.30. The summed E-state index contributed by atoms with van der Waals surface area (Å²) in [5, 5.41) is 9.10. The molecule has 2 heterocycles. The number of carboxylic acids is 1. The third kappa shape index (κ3) is 2.85. The Morgan fingerprint density at radius 3 is 2.94 bits per heavy atom. The van der Waals surface area contributed by atoms with Crippen molar-refractivity contribution in [3.05, 3.63) is 29.3 Å². The van der Waals surface area contributed by atoms with Gasteiger partial charge in [-0.15, -0.1) is 0 Å². The van der Waals surface area contributed by atoms with Gasteiger partial charge in [0.1, 0.15) is 5.82 Å². The van der Waals surface area contributed by atoms with Crippen LogP contribution in [-0.2, 0) is 6.42 Å². The summed E-state index contributed by atoms with van der Waals surface area (Å²) in [4.78, 5) is 20.1. The van der Waals surface area contributed by atoms with Gasteiger partial charge in [-0.05, 0) is 24.5 Å². The predicted octanol–water partition coefficient (Wildman–Crippen LogP) is 2.65. The molecule has 7 heteroatoms. The lowest BCUT2D eigenvalue weighted by Crippen LogP contribution is -2.00.